The van der Waals surface area contributed by atoms with Gasteiger partial charge >= 0.3 is 12.2 Å². The number of carbonyl (C=O) groups is 2. The van der Waals surface area contributed by atoms with Gasteiger partial charge in [0.15, 0.2) is 0 Å². The molecule has 0 aromatic heterocycles. The number of hydrogen-bond donors (Lipinski definition) is 3. The smallest absolute Gasteiger partial charge is 0.409 e. The Morgan fingerprint density at radius 2 is 1.29 bits per heavy atom. The molecule has 2 amide bonds. The van der Waals surface area contributed by atoms with Crippen LogP contribution in [0.2, 0.25) is 0 Å². The Balaban J connectivity index is 1.70. The van der Waals surface area contributed by atoms with Gasteiger partial charge in [-0.15, -0.1) is 0 Å². The summed E-state index contributed by atoms with van der Waals surface area (Å²) in [6.45, 7) is 7.10. The van der Waals surface area contributed by atoms with E-state index in [0.29, 0.717) is 12.1 Å². The molecule has 10 nitrogen and oxygen atoms in total. The van der Waals surface area contributed by atoms with Crippen molar-refractivity contribution in [2.24, 2.45) is 0 Å². The van der Waals surface area contributed by atoms with Crippen LogP contribution >= 0.6 is 0 Å². The van der Waals surface area contributed by atoms with E-state index in [0.717, 1.165) is 16.7 Å². The highest BCUT2D eigenvalue weighted by Crippen LogP contribution is 2.23. The van der Waals surface area contributed by atoms with Gasteiger partial charge in [-0.3, -0.25) is 9.50 Å². The second kappa shape index (κ2) is 16.8. The van der Waals surface area contributed by atoms with E-state index in [1.165, 1.54) is 12.1 Å². The number of nitrogens with one attached hydrogen (secondary N) is 3. The highest BCUT2D eigenvalue weighted by Gasteiger charge is 2.34. The van der Waals surface area contributed by atoms with Crippen LogP contribution in [0.3, 0.4) is 0 Å². The molecule has 4 aromatic rings. The summed E-state index contributed by atoms with van der Waals surface area (Å²) >= 11 is 0. The van der Waals surface area contributed by atoms with Gasteiger partial charge in [0, 0.05) is 11.7 Å². The first-order valence-electron chi connectivity index (χ1n) is 15.7. The number of amides is 2. The maximum absolute atomic E-state index is 13.8. The quantitative estimate of drug-likeness (QED) is 0.0967. The van der Waals surface area contributed by atoms with Crippen molar-refractivity contribution in [2.45, 2.75) is 76.0 Å². The number of hydrogen-bond acceptors (Lipinski definition) is 8. The molecule has 0 aliphatic rings. The van der Waals surface area contributed by atoms with Crippen molar-refractivity contribution in [3.8, 4) is 0 Å². The van der Waals surface area contributed by atoms with Gasteiger partial charge in [0.05, 0.1) is 4.90 Å². The predicted octanol–water partition coefficient (Wildman–Crippen LogP) is 6.96. The molecule has 4 aromatic carbocycles. The lowest BCUT2D eigenvalue weighted by atomic mass is 9.99. The minimum atomic E-state index is -4.36. The van der Waals surface area contributed by atoms with Crippen LogP contribution in [0.15, 0.2) is 120 Å². The second-order valence-electron chi connectivity index (χ2n) is 12.4. The Bertz CT molecular complexity index is 1700. The Kier molecular flexibility index (Phi) is 12.6. The van der Waals surface area contributed by atoms with Gasteiger partial charge < -0.3 is 20.1 Å². The number of carbonyl (C=O) groups excluding carboxylic acids is 2. The van der Waals surface area contributed by atoms with Gasteiger partial charge in [-0.1, -0.05) is 96.6 Å². The van der Waals surface area contributed by atoms with Gasteiger partial charge in [-0.2, -0.15) is 8.42 Å². The molecule has 254 valence electrons. The lowest BCUT2D eigenvalue weighted by Gasteiger charge is -2.32. The van der Waals surface area contributed by atoms with Crippen molar-refractivity contribution in [1.29, 1.82) is 0 Å². The number of ether oxygens (including phenoxy) is 2. The SMILES string of the molecule is Cc1ccc(S(=O)(=O)O[C@@H](C[C@H](Cc2ccccc2)NC(=O)OC(C)(C)C)[C@@H](NC(=O)OCc2ccccc2)Nc2ccccc2)cc1. The molecule has 3 N–H and O–H groups in total. The van der Waals surface area contributed by atoms with Gasteiger partial charge in [-0.25, -0.2) is 9.59 Å². The average molecular weight is 674 g/mol. The minimum Gasteiger partial charge on any atom is -0.445 e. The molecular formula is C37H43N3O7S. The molecular weight excluding hydrogens is 630 g/mol. The van der Waals surface area contributed by atoms with Crippen molar-refractivity contribution >= 4 is 28.0 Å². The van der Waals surface area contributed by atoms with E-state index in [1.807, 2.05) is 73.7 Å². The number of benzene rings is 4. The first-order valence-corrected chi connectivity index (χ1v) is 17.1. The molecule has 11 heteroatoms. The van der Waals surface area contributed by atoms with Gasteiger partial charge in [0.25, 0.3) is 10.1 Å². The van der Waals surface area contributed by atoms with E-state index in [-0.39, 0.29) is 17.9 Å². The van der Waals surface area contributed by atoms with Crippen molar-refractivity contribution in [2.75, 3.05) is 5.32 Å². The minimum absolute atomic E-state index is 0.00521. The van der Waals surface area contributed by atoms with Crippen molar-refractivity contribution in [3.63, 3.8) is 0 Å². The summed E-state index contributed by atoms with van der Waals surface area (Å²) in [5.41, 5.74) is 2.36. The Labute approximate surface area is 282 Å². The summed E-state index contributed by atoms with van der Waals surface area (Å²) in [5, 5.41) is 8.88. The number of para-hydroxylation sites is 1. The van der Waals surface area contributed by atoms with Crippen molar-refractivity contribution in [1.82, 2.24) is 10.6 Å². The molecule has 0 spiro atoms. The molecule has 48 heavy (non-hydrogen) atoms. The van der Waals surface area contributed by atoms with Gasteiger partial charge in [0.2, 0.25) is 0 Å². The molecule has 0 aliphatic carbocycles. The van der Waals surface area contributed by atoms with Crippen LogP contribution in [-0.4, -0.2) is 44.5 Å². The topological polar surface area (TPSA) is 132 Å². The van der Waals surface area contributed by atoms with E-state index in [2.05, 4.69) is 16.0 Å². The predicted molar refractivity (Wildman–Crippen MR) is 185 cm³/mol. The molecule has 0 aliphatic heterocycles. The maximum atomic E-state index is 13.8. The van der Waals surface area contributed by atoms with E-state index < -0.39 is 46.2 Å². The second-order valence-corrected chi connectivity index (χ2v) is 13.9. The molecule has 4 rings (SSSR count). The van der Waals surface area contributed by atoms with E-state index in [4.69, 9.17) is 13.7 Å². The Morgan fingerprint density at radius 1 is 0.729 bits per heavy atom. The van der Waals surface area contributed by atoms with E-state index in [1.54, 1.807) is 57.2 Å². The molecule has 0 bridgehead atoms. The van der Waals surface area contributed by atoms with Gasteiger partial charge in [0.1, 0.15) is 24.5 Å². The Morgan fingerprint density at radius 3 is 1.88 bits per heavy atom. The fourth-order valence-electron chi connectivity index (χ4n) is 4.83. The zero-order valence-corrected chi connectivity index (χ0v) is 28.4. The van der Waals surface area contributed by atoms with Crippen LogP contribution in [0.1, 0.15) is 43.9 Å². The number of anilines is 1. The summed E-state index contributed by atoms with van der Waals surface area (Å²) in [6, 6.07) is 33.2. The molecule has 0 radical (unpaired) electrons. The monoisotopic (exact) mass is 673 g/mol. The fraction of sp³-hybridized carbons (Fsp3) is 0.297. The highest BCUT2D eigenvalue weighted by atomic mass is 32.2. The first kappa shape index (κ1) is 36.0. The van der Waals surface area contributed by atoms with Crippen molar-refractivity contribution in [3.05, 3.63) is 132 Å². The first-order chi connectivity index (χ1) is 22.9. The summed E-state index contributed by atoms with van der Waals surface area (Å²) in [7, 11) is -4.36. The normalized spacial score (nSPS) is 13.4. The lowest BCUT2D eigenvalue weighted by Crippen LogP contribution is -2.53. The summed E-state index contributed by atoms with van der Waals surface area (Å²) < 4.78 is 44.5. The van der Waals surface area contributed by atoms with Crippen LogP contribution in [0, 0.1) is 6.92 Å². The van der Waals surface area contributed by atoms with Crippen molar-refractivity contribution < 1.29 is 31.7 Å². The Hall–Kier alpha value is -4.87. The molecule has 0 saturated carbocycles. The van der Waals surface area contributed by atoms with Crippen LogP contribution < -0.4 is 16.0 Å². The largest absolute Gasteiger partial charge is 0.445 e. The zero-order chi connectivity index (χ0) is 34.6. The molecule has 0 heterocycles. The standard InChI is InChI=1S/C37H43N3O7S/c1-27-20-22-32(23-21-27)48(43,44)47-33(25-31(24-28-14-8-5-9-15-28)39-36(42)46-37(2,3)4)34(38-30-18-12-7-13-19-30)40-35(41)45-26-29-16-10-6-11-17-29/h5-23,31,33-34,38H,24-26H2,1-4H3,(H,39,42)(H,40,41)/t31-,33-,34+/m0/s1. The average Bonchev–Trinajstić information content (AvgIpc) is 3.04. The van der Waals surface area contributed by atoms with Crippen LogP contribution in [0.4, 0.5) is 15.3 Å². The molecule has 3 atom stereocenters. The highest BCUT2D eigenvalue weighted by molar-refractivity contribution is 7.86. The third-order valence-corrected chi connectivity index (χ3v) is 8.43. The fourth-order valence-corrected chi connectivity index (χ4v) is 5.92. The number of aryl methyl sites for hydroxylation is 1. The van der Waals surface area contributed by atoms with Gasteiger partial charge in [-0.05, 0) is 75.9 Å². The third-order valence-electron chi connectivity index (χ3n) is 7.08. The molecule has 0 fully saturated rings. The van der Waals surface area contributed by atoms with E-state index in [9.17, 15) is 18.0 Å². The van der Waals surface area contributed by atoms with E-state index >= 15 is 0 Å². The summed E-state index contributed by atoms with van der Waals surface area (Å²) in [5.74, 6) is 0. The molecule has 0 unspecified atom stereocenters. The number of alkyl carbamates (subject to hydrolysis) is 2. The zero-order valence-electron chi connectivity index (χ0n) is 27.6. The number of rotatable bonds is 14. The summed E-state index contributed by atoms with van der Waals surface area (Å²) in [6.07, 6.45) is -3.58. The summed E-state index contributed by atoms with van der Waals surface area (Å²) in [4.78, 5) is 26.2. The lowest BCUT2D eigenvalue weighted by molar-refractivity contribution is 0.0481. The molecule has 0 saturated heterocycles. The third kappa shape index (κ3) is 12.1. The van der Waals surface area contributed by atoms with Crippen LogP contribution in [0.5, 0.6) is 0 Å². The van der Waals surface area contributed by atoms with Crippen LogP contribution in [0.25, 0.3) is 0 Å². The maximum Gasteiger partial charge on any atom is 0.409 e. The van der Waals surface area contributed by atoms with Crippen LogP contribution in [-0.2, 0) is 36.8 Å².